The van der Waals surface area contributed by atoms with Gasteiger partial charge in [-0.05, 0) is 30.3 Å². The molecule has 0 spiro atoms. The minimum absolute atomic E-state index is 0.104. The van der Waals surface area contributed by atoms with Crippen molar-refractivity contribution in [3.8, 4) is 23.1 Å². The van der Waals surface area contributed by atoms with Crippen LogP contribution in [0.1, 0.15) is 5.56 Å². The molecule has 0 amide bonds. The van der Waals surface area contributed by atoms with E-state index < -0.39 is 0 Å². The highest BCUT2D eigenvalue weighted by Gasteiger charge is 2.12. The Kier molecular flexibility index (Phi) is 3.59. The van der Waals surface area contributed by atoms with Gasteiger partial charge in [0.2, 0.25) is 0 Å². The van der Waals surface area contributed by atoms with Crippen molar-refractivity contribution in [2.75, 3.05) is 7.11 Å². The first-order chi connectivity index (χ1) is 9.08. The summed E-state index contributed by atoms with van der Waals surface area (Å²) in [5, 5.41) is 9.39. The summed E-state index contributed by atoms with van der Waals surface area (Å²) >= 11 is 5.98. The third-order valence-corrected chi connectivity index (χ3v) is 3.10. The molecule has 0 N–H and O–H groups in total. The van der Waals surface area contributed by atoms with E-state index in [1.165, 1.54) is 10.6 Å². The minimum atomic E-state index is -0.345. The van der Waals surface area contributed by atoms with E-state index in [9.17, 15) is 4.79 Å². The molecule has 2 aromatic rings. The van der Waals surface area contributed by atoms with Crippen LogP contribution in [0.4, 0.5) is 0 Å². The normalized spacial score (nSPS) is 10.0. The monoisotopic (exact) mass is 274 g/mol. The molecule has 0 saturated heterocycles. The number of ether oxygens (including phenoxy) is 1. The van der Waals surface area contributed by atoms with Crippen molar-refractivity contribution in [3.05, 3.63) is 51.3 Å². The zero-order valence-corrected chi connectivity index (χ0v) is 11.2. The number of pyridine rings is 1. The van der Waals surface area contributed by atoms with Crippen molar-refractivity contribution >= 4 is 11.6 Å². The molecule has 0 aliphatic heterocycles. The third-order valence-electron chi connectivity index (χ3n) is 2.86. The highest BCUT2D eigenvalue weighted by atomic mass is 35.5. The Morgan fingerprint density at radius 3 is 2.68 bits per heavy atom. The van der Waals surface area contributed by atoms with E-state index in [0.29, 0.717) is 22.0 Å². The lowest BCUT2D eigenvalue weighted by Crippen LogP contribution is -2.20. The van der Waals surface area contributed by atoms with Gasteiger partial charge in [0.05, 0.1) is 12.8 Å². The van der Waals surface area contributed by atoms with Crippen LogP contribution in [0.25, 0.3) is 11.3 Å². The quantitative estimate of drug-likeness (QED) is 0.846. The van der Waals surface area contributed by atoms with Gasteiger partial charge >= 0.3 is 0 Å². The van der Waals surface area contributed by atoms with Gasteiger partial charge in [0.25, 0.3) is 5.56 Å². The van der Waals surface area contributed by atoms with Crippen LogP contribution in [0, 0.1) is 11.3 Å². The molecule has 1 heterocycles. The van der Waals surface area contributed by atoms with Crippen LogP contribution < -0.4 is 10.3 Å². The summed E-state index contributed by atoms with van der Waals surface area (Å²) in [6, 6.07) is 10.2. The van der Waals surface area contributed by atoms with Gasteiger partial charge in [0.15, 0.2) is 0 Å². The Bertz CT molecular complexity index is 729. The molecule has 0 bridgehead atoms. The Morgan fingerprint density at radius 1 is 1.32 bits per heavy atom. The van der Waals surface area contributed by atoms with Crippen LogP contribution >= 0.6 is 11.6 Å². The Hall–Kier alpha value is -2.25. The smallest absolute Gasteiger partial charge is 0.268 e. The number of hydrogen-bond donors (Lipinski definition) is 0. The van der Waals surface area contributed by atoms with Crippen molar-refractivity contribution in [1.82, 2.24) is 4.57 Å². The first kappa shape index (κ1) is 13.2. The summed E-state index contributed by atoms with van der Waals surface area (Å²) in [4.78, 5) is 11.9. The zero-order chi connectivity index (χ0) is 14.0. The van der Waals surface area contributed by atoms with E-state index >= 15 is 0 Å². The largest absolute Gasteiger partial charge is 0.496 e. The highest BCUT2D eigenvalue weighted by Crippen LogP contribution is 2.31. The molecule has 1 aromatic carbocycles. The summed E-state index contributed by atoms with van der Waals surface area (Å²) in [5.41, 5.74) is 1.11. The zero-order valence-electron chi connectivity index (χ0n) is 10.5. The number of halogens is 1. The topological polar surface area (TPSA) is 55.0 Å². The molecule has 0 saturated carbocycles. The van der Waals surface area contributed by atoms with Crippen LogP contribution in [-0.4, -0.2) is 11.7 Å². The SMILES string of the molecule is COc1ccc(Cl)cc1-c1ccc(C#N)c(=O)n1C. The summed E-state index contributed by atoms with van der Waals surface area (Å²) in [5.74, 6) is 0.615. The number of nitriles is 1. The van der Waals surface area contributed by atoms with Crippen LogP contribution in [0.15, 0.2) is 35.1 Å². The van der Waals surface area contributed by atoms with Gasteiger partial charge in [0, 0.05) is 17.6 Å². The molecule has 0 unspecified atom stereocenters. The maximum atomic E-state index is 11.9. The van der Waals surface area contributed by atoms with Gasteiger partial charge in [-0.1, -0.05) is 11.6 Å². The standard InChI is InChI=1S/C14H11ClN2O2/c1-17-12(5-3-9(8-16)14(17)18)11-7-10(15)4-6-13(11)19-2/h3-7H,1-2H3. The number of methoxy groups -OCH3 is 1. The second kappa shape index (κ2) is 5.17. The predicted molar refractivity (Wildman–Crippen MR) is 73.4 cm³/mol. The molecule has 19 heavy (non-hydrogen) atoms. The fraction of sp³-hybridized carbons (Fsp3) is 0.143. The third kappa shape index (κ3) is 2.33. The molecule has 0 aliphatic rings. The van der Waals surface area contributed by atoms with Crippen LogP contribution in [0.3, 0.4) is 0 Å². The lowest BCUT2D eigenvalue weighted by molar-refractivity contribution is 0.416. The van der Waals surface area contributed by atoms with Crippen molar-refractivity contribution in [3.63, 3.8) is 0 Å². The lowest BCUT2D eigenvalue weighted by atomic mass is 10.1. The van der Waals surface area contributed by atoms with Crippen LogP contribution in [0.2, 0.25) is 5.02 Å². The maximum Gasteiger partial charge on any atom is 0.268 e. The maximum absolute atomic E-state index is 11.9. The fourth-order valence-corrected chi connectivity index (χ4v) is 2.04. The van der Waals surface area contributed by atoms with Gasteiger partial charge in [-0.2, -0.15) is 5.26 Å². The molecule has 2 rings (SSSR count). The number of benzene rings is 1. The Balaban J connectivity index is 2.74. The van der Waals surface area contributed by atoms with Gasteiger partial charge < -0.3 is 9.30 Å². The van der Waals surface area contributed by atoms with Gasteiger partial charge in [-0.15, -0.1) is 0 Å². The first-order valence-electron chi connectivity index (χ1n) is 5.52. The summed E-state index contributed by atoms with van der Waals surface area (Å²) in [6.07, 6.45) is 0. The lowest BCUT2D eigenvalue weighted by Gasteiger charge is -2.12. The van der Waals surface area contributed by atoms with Gasteiger partial charge in [-0.25, -0.2) is 0 Å². The summed E-state index contributed by atoms with van der Waals surface area (Å²) < 4.78 is 6.68. The second-order valence-corrected chi connectivity index (χ2v) is 4.39. The average Bonchev–Trinajstić information content (AvgIpc) is 2.42. The molecular formula is C14H11ClN2O2. The number of rotatable bonds is 2. The van der Waals surface area contributed by atoms with Crippen molar-refractivity contribution in [2.45, 2.75) is 0 Å². The minimum Gasteiger partial charge on any atom is -0.496 e. The Labute approximate surface area is 115 Å². The van der Waals surface area contributed by atoms with Crippen molar-refractivity contribution in [2.24, 2.45) is 7.05 Å². The number of hydrogen-bond acceptors (Lipinski definition) is 3. The number of nitrogens with zero attached hydrogens (tertiary/aromatic N) is 2. The second-order valence-electron chi connectivity index (χ2n) is 3.95. The molecular weight excluding hydrogens is 264 g/mol. The summed E-state index contributed by atoms with van der Waals surface area (Å²) in [7, 11) is 3.16. The first-order valence-corrected chi connectivity index (χ1v) is 5.90. The van der Waals surface area contributed by atoms with E-state index in [1.54, 1.807) is 38.4 Å². The van der Waals surface area contributed by atoms with Crippen LogP contribution in [-0.2, 0) is 7.05 Å². The van der Waals surface area contributed by atoms with Crippen molar-refractivity contribution < 1.29 is 4.74 Å². The molecule has 4 nitrogen and oxygen atoms in total. The molecule has 0 radical (unpaired) electrons. The summed E-state index contributed by atoms with van der Waals surface area (Å²) in [6.45, 7) is 0. The van der Waals surface area contributed by atoms with Crippen LogP contribution in [0.5, 0.6) is 5.75 Å². The Morgan fingerprint density at radius 2 is 2.05 bits per heavy atom. The van der Waals surface area contributed by atoms with E-state index in [0.717, 1.165) is 0 Å². The molecule has 1 aromatic heterocycles. The molecule has 96 valence electrons. The van der Waals surface area contributed by atoms with Gasteiger partial charge in [0.1, 0.15) is 17.4 Å². The molecule has 0 aliphatic carbocycles. The van der Waals surface area contributed by atoms with E-state index in [-0.39, 0.29) is 11.1 Å². The van der Waals surface area contributed by atoms with Crippen molar-refractivity contribution in [1.29, 1.82) is 5.26 Å². The van der Waals surface area contributed by atoms with E-state index in [1.807, 2.05) is 6.07 Å². The fourth-order valence-electron chi connectivity index (χ4n) is 1.87. The van der Waals surface area contributed by atoms with E-state index in [4.69, 9.17) is 21.6 Å². The van der Waals surface area contributed by atoms with Gasteiger partial charge in [-0.3, -0.25) is 4.79 Å². The predicted octanol–water partition coefficient (Wildman–Crippen LogP) is 2.59. The van der Waals surface area contributed by atoms with E-state index in [2.05, 4.69) is 0 Å². The molecule has 0 fully saturated rings. The average molecular weight is 275 g/mol. The molecule has 0 atom stereocenters. The number of aromatic nitrogens is 1. The molecule has 5 heteroatoms. The highest BCUT2D eigenvalue weighted by molar-refractivity contribution is 6.30.